The third-order valence-electron chi connectivity index (χ3n) is 3.63. The highest BCUT2D eigenvalue weighted by molar-refractivity contribution is 9.10. The Morgan fingerprint density at radius 3 is 2.39 bits per heavy atom. The molecule has 0 saturated heterocycles. The summed E-state index contributed by atoms with van der Waals surface area (Å²) in [6, 6.07) is 10.5. The van der Waals surface area contributed by atoms with E-state index in [-0.39, 0.29) is 6.04 Å². The fourth-order valence-electron chi connectivity index (χ4n) is 2.42. The Morgan fingerprint density at radius 2 is 1.83 bits per heavy atom. The first-order valence-electron chi connectivity index (χ1n) is 7.17. The van der Waals surface area contributed by atoms with Crippen molar-refractivity contribution in [3.8, 4) is 5.75 Å². The second-order valence-corrected chi connectivity index (χ2v) is 8.04. The van der Waals surface area contributed by atoms with Crippen LogP contribution in [0.4, 0.5) is 0 Å². The number of aryl methyl sites for hydroxylation is 2. The van der Waals surface area contributed by atoms with Gasteiger partial charge in [-0.15, -0.1) is 0 Å². The van der Waals surface area contributed by atoms with Crippen molar-refractivity contribution in [2.45, 2.75) is 31.7 Å². The van der Waals surface area contributed by atoms with Gasteiger partial charge in [0.2, 0.25) is 10.0 Å². The van der Waals surface area contributed by atoms with Crippen LogP contribution in [0.25, 0.3) is 0 Å². The smallest absolute Gasteiger partial charge is 0.241 e. The van der Waals surface area contributed by atoms with E-state index < -0.39 is 10.0 Å². The van der Waals surface area contributed by atoms with Gasteiger partial charge in [0.05, 0.1) is 16.5 Å². The summed E-state index contributed by atoms with van der Waals surface area (Å²) >= 11 is 3.42. The van der Waals surface area contributed by atoms with Gasteiger partial charge in [0.25, 0.3) is 0 Å². The van der Waals surface area contributed by atoms with E-state index in [1.807, 2.05) is 32.0 Å². The maximum absolute atomic E-state index is 12.6. The zero-order valence-electron chi connectivity index (χ0n) is 13.6. The summed E-state index contributed by atoms with van der Waals surface area (Å²) in [5, 5.41) is 0. The van der Waals surface area contributed by atoms with Crippen LogP contribution in [-0.4, -0.2) is 15.5 Å². The molecule has 0 heterocycles. The number of methoxy groups -OCH3 is 1. The maximum Gasteiger partial charge on any atom is 0.241 e. The van der Waals surface area contributed by atoms with Gasteiger partial charge in [0.15, 0.2) is 0 Å². The van der Waals surface area contributed by atoms with Gasteiger partial charge < -0.3 is 4.74 Å². The maximum atomic E-state index is 12.6. The van der Waals surface area contributed by atoms with Crippen LogP contribution in [0.3, 0.4) is 0 Å². The van der Waals surface area contributed by atoms with Crippen LogP contribution in [0.2, 0.25) is 0 Å². The van der Waals surface area contributed by atoms with Crippen molar-refractivity contribution < 1.29 is 13.2 Å². The Labute approximate surface area is 146 Å². The molecule has 0 saturated carbocycles. The molecule has 0 spiro atoms. The highest BCUT2D eigenvalue weighted by Crippen LogP contribution is 2.29. The zero-order valence-corrected chi connectivity index (χ0v) is 16.0. The van der Waals surface area contributed by atoms with E-state index in [1.165, 1.54) is 0 Å². The molecule has 1 N–H and O–H groups in total. The van der Waals surface area contributed by atoms with Crippen LogP contribution in [-0.2, 0) is 10.0 Å². The van der Waals surface area contributed by atoms with Gasteiger partial charge in [-0.1, -0.05) is 23.8 Å². The second-order valence-electron chi connectivity index (χ2n) is 5.51. The van der Waals surface area contributed by atoms with Crippen molar-refractivity contribution in [2.75, 3.05) is 7.11 Å². The highest BCUT2D eigenvalue weighted by atomic mass is 79.9. The van der Waals surface area contributed by atoms with Crippen LogP contribution in [0, 0.1) is 13.8 Å². The Hall–Kier alpha value is -1.37. The molecule has 2 rings (SSSR count). The van der Waals surface area contributed by atoms with E-state index in [2.05, 4.69) is 20.7 Å². The fraction of sp³-hybridized carbons (Fsp3) is 0.294. The molecule has 0 aromatic heterocycles. The molecule has 4 nitrogen and oxygen atoms in total. The normalized spacial score (nSPS) is 12.9. The lowest BCUT2D eigenvalue weighted by molar-refractivity contribution is 0.412. The Bertz CT molecular complexity index is 819. The van der Waals surface area contributed by atoms with Crippen LogP contribution >= 0.6 is 15.9 Å². The molecular formula is C17H20BrNO3S. The Kier molecular flexibility index (Phi) is 5.49. The average molecular weight is 398 g/mol. The lowest BCUT2D eigenvalue weighted by Crippen LogP contribution is -2.27. The second kappa shape index (κ2) is 7.03. The number of hydrogen-bond donors (Lipinski definition) is 1. The van der Waals surface area contributed by atoms with Gasteiger partial charge in [0, 0.05) is 6.04 Å². The standard InChI is InChI=1S/C17H20BrNO3S/c1-11-5-8-17(12(2)9-11)23(20,21)19-13(3)14-6-7-16(22-4)15(18)10-14/h5-10,13,19H,1-4H3. The van der Waals surface area contributed by atoms with E-state index in [1.54, 1.807) is 32.2 Å². The quantitative estimate of drug-likeness (QED) is 0.825. The molecule has 2 aromatic carbocycles. The van der Waals surface area contributed by atoms with Crippen molar-refractivity contribution in [1.82, 2.24) is 4.72 Å². The third kappa shape index (κ3) is 4.13. The summed E-state index contributed by atoms with van der Waals surface area (Å²) in [6.07, 6.45) is 0. The molecule has 0 amide bonds. The minimum Gasteiger partial charge on any atom is -0.496 e. The lowest BCUT2D eigenvalue weighted by Gasteiger charge is -2.17. The van der Waals surface area contributed by atoms with E-state index >= 15 is 0 Å². The number of nitrogens with one attached hydrogen (secondary N) is 1. The van der Waals surface area contributed by atoms with Crippen molar-refractivity contribution >= 4 is 26.0 Å². The molecule has 1 unspecified atom stereocenters. The highest BCUT2D eigenvalue weighted by Gasteiger charge is 2.20. The summed E-state index contributed by atoms with van der Waals surface area (Å²) < 4.78 is 33.9. The van der Waals surface area contributed by atoms with Gasteiger partial charge in [-0.2, -0.15) is 0 Å². The van der Waals surface area contributed by atoms with Crippen molar-refractivity contribution in [3.05, 3.63) is 57.6 Å². The van der Waals surface area contributed by atoms with Crippen LogP contribution in [0.5, 0.6) is 5.75 Å². The molecule has 0 aliphatic heterocycles. The van der Waals surface area contributed by atoms with Gasteiger partial charge in [-0.05, 0) is 66.0 Å². The van der Waals surface area contributed by atoms with Crippen molar-refractivity contribution in [1.29, 1.82) is 0 Å². The molecule has 0 radical (unpaired) electrons. The van der Waals surface area contributed by atoms with Crippen molar-refractivity contribution in [2.24, 2.45) is 0 Å². The molecule has 0 fully saturated rings. The number of ether oxygens (including phenoxy) is 1. The average Bonchev–Trinajstić information content (AvgIpc) is 2.46. The monoisotopic (exact) mass is 397 g/mol. The van der Waals surface area contributed by atoms with E-state index in [0.29, 0.717) is 10.6 Å². The third-order valence-corrected chi connectivity index (χ3v) is 5.95. The fourth-order valence-corrected chi connectivity index (χ4v) is 4.43. The van der Waals surface area contributed by atoms with E-state index in [0.717, 1.165) is 21.2 Å². The molecule has 23 heavy (non-hydrogen) atoms. The number of rotatable bonds is 5. The minimum atomic E-state index is -3.58. The molecule has 0 aliphatic carbocycles. The number of halogens is 1. The number of hydrogen-bond acceptors (Lipinski definition) is 3. The molecule has 1 atom stereocenters. The SMILES string of the molecule is COc1ccc(C(C)NS(=O)(=O)c2ccc(C)cc2C)cc1Br. The Balaban J connectivity index is 2.28. The molecule has 124 valence electrons. The topological polar surface area (TPSA) is 55.4 Å². The largest absolute Gasteiger partial charge is 0.496 e. The first kappa shape index (κ1) is 18.0. The van der Waals surface area contributed by atoms with E-state index in [9.17, 15) is 8.42 Å². The molecule has 6 heteroatoms. The van der Waals surface area contributed by atoms with Gasteiger partial charge in [0.1, 0.15) is 5.75 Å². The lowest BCUT2D eigenvalue weighted by atomic mass is 10.1. The van der Waals surface area contributed by atoms with Crippen LogP contribution in [0.15, 0.2) is 45.8 Å². The van der Waals surface area contributed by atoms with Gasteiger partial charge >= 0.3 is 0 Å². The summed E-state index contributed by atoms with van der Waals surface area (Å²) in [6.45, 7) is 5.56. The molecule has 2 aromatic rings. The number of sulfonamides is 1. The summed E-state index contributed by atoms with van der Waals surface area (Å²) in [5.74, 6) is 0.707. The number of benzene rings is 2. The van der Waals surface area contributed by atoms with Crippen LogP contribution < -0.4 is 9.46 Å². The summed E-state index contributed by atoms with van der Waals surface area (Å²) in [4.78, 5) is 0.308. The first-order valence-corrected chi connectivity index (χ1v) is 9.45. The first-order chi connectivity index (χ1) is 10.7. The minimum absolute atomic E-state index is 0.308. The summed E-state index contributed by atoms with van der Waals surface area (Å²) in [7, 11) is -1.99. The van der Waals surface area contributed by atoms with Gasteiger partial charge in [-0.25, -0.2) is 13.1 Å². The summed E-state index contributed by atoms with van der Waals surface area (Å²) in [5.41, 5.74) is 2.63. The molecule has 0 bridgehead atoms. The molecular weight excluding hydrogens is 378 g/mol. The predicted molar refractivity (Wildman–Crippen MR) is 95.3 cm³/mol. The Morgan fingerprint density at radius 1 is 1.13 bits per heavy atom. The predicted octanol–water partition coefficient (Wildman–Crippen LogP) is 4.11. The zero-order chi connectivity index (χ0) is 17.2. The van der Waals surface area contributed by atoms with Crippen LogP contribution in [0.1, 0.15) is 29.7 Å². The van der Waals surface area contributed by atoms with Crippen molar-refractivity contribution in [3.63, 3.8) is 0 Å². The van der Waals surface area contributed by atoms with Gasteiger partial charge in [-0.3, -0.25) is 0 Å². The van der Waals surface area contributed by atoms with E-state index in [4.69, 9.17) is 4.74 Å². The molecule has 0 aliphatic rings.